The maximum Gasteiger partial charge on any atom is 0.225 e. The zero-order chi connectivity index (χ0) is 19.4. The molecule has 28 heavy (non-hydrogen) atoms. The van der Waals surface area contributed by atoms with Crippen LogP contribution in [0, 0.1) is 5.41 Å². The van der Waals surface area contributed by atoms with Crippen molar-refractivity contribution in [3.8, 4) is 5.75 Å². The predicted molar refractivity (Wildman–Crippen MR) is 110 cm³/mol. The van der Waals surface area contributed by atoms with E-state index in [9.17, 15) is 0 Å². The van der Waals surface area contributed by atoms with Gasteiger partial charge >= 0.3 is 0 Å². The second kappa shape index (κ2) is 8.45. The molecule has 0 radical (unpaired) electrons. The lowest BCUT2D eigenvalue weighted by atomic mass is 9.76. The van der Waals surface area contributed by atoms with Gasteiger partial charge in [0.1, 0.15) is 5.75 Å². The van der Waals surface area contributed by atoms with Crippen LogP contribution < -0.4 is 9.64 Å². The van der Waals surface area contributed by atoms with Crippen LogP contribution in [0.5, 0.6) is 5.75 Å². The summed E-state index contributed by atoms with van der Waals surface area (Å²) >= 11 is 0. The second-order valence-electron chi connectivity index (χ2n) is 8.11. The van der Waals surface area contributed by atoms with E-state index in [-0.39, 0.29) is 0 Å². The Bertz CT molecular complexity index is 745. The highest BCUT2D eigenvalue weighted by atomic mass is 16.5. The van der Waals surface area contributed by atoms with Crippen LogP contribution in [0.1, 0.15) is 24.8 Å². The molecule has 2 aliphatic rings. The van der Waals surface area contributed by atoms with Crippen molar-refractivity contribution in [3.63, 3.8) is 0 Å². The average Bonchev–Trinajstić information content (AvgIpc) is 3.09. The van der Waals surface area contributed by atoms with E-state index in [2.05, 4.69) is 31.9 Å². The molecule has 6 heteroatoms. The van der Waals surface area contributed by atoms with Crippen LogP contribution in [0.3, 0.4) is 0 Å². The Hall–Kier alpha value is -2.18. The number of methoxy groups -OCH3 is 2. The van der Waals surface area contributed by atoms with E-state index in [1.807, 2.05) is 30.6 Å². The van der Waals surface area contributed by atoms with Gasteiger partial charge in [-0.05, 0) is 61.5 Å². The Morgan fingerprint density at radius 2 is 1.79 bits per heavy atom. The lowest BCUT2D eigenvalue weighted by molar-refractivity contribution is 0.106. The molecule has 1 unspecified atom stereocenters. The normalized spacial score (nSPS) is 21.9. The van der Waals surface area contributed by atoms with Gasteiger partial charge in [0.15, 0.2) is 0 Å². The third kappa shape index (κ3) is 4.13. The summed E-state index contributed by atoms with van der Waals surface area (Å²) in [5, 5.41) is 0. The van der Waals surface area contributed by atoms with Crippen LogP contribution in [0.2, 0.25) is 0 Å². The number of hydrogen-bond donors (Lipinski definition) is 0. The lowest BCUT2D eigenvalue weighted by Crippen LogP contribution is -2.41. The fraction of sp³-hybridized carbons (Fsp3) is 0.545. The zero-order valence-corrected chi connectivity index (χ0v) is 16.9. The minimum Gasteiger partial charge on any atom is -0.497 e. The van der Waals surface area contributed by atoms with E-state index < -0.39 is 0 Å². The van der Waals surface area contributed by atoms with Gasteiger partial charge in [-0.1, -0.05) is 12.1 Å². The summed E-state index contributed by atoms with van der Waals surface area (Å²) in [5.74, 6) is 1.75. The predicted octanol–water partition coefficient (Wildman–Crippen LogP) is 2.99. The monoisotopic (exact) mass is 382 g/mol. The van der Waals surface area contributed by atoms with Crippen molar-refractivity contribution in [2.75, 3.05) is 45.4 Å². The van der Waals surface area contributed by atoms with Gasteiger partial charge in [0.05, 0.1) is 19.8 Å². The summed E-state index contributed by atoms with van der Waals surface area (Å²) < 4.78 is 10.8. The van der Waals surface area contributed by atoms with Crippen LogP contribution in [-0.4, -0.2) is 61.4 Å². The summed E-state index contributed by atoms with van der Waals surface area (Å²) in [5.41, 5.74) is 1.69. The molecule has 2 saturated heterocycles. The van der Waals surface area contributed by atoms with Crippen LogP contribution >= 0.6 is 0 Å². The molecule has 150 valence electrons. The molecule has 1 aromatic carbocycles. The van der Waals surface area contributed by atoms with E-state index in [0.29, 0.717) is 11.5 Å². The number of nitrogens with zero attached hydrogens (tertiary/aromatic N) is 4. The van der Waals surface area contributed by atoms with Crippen molar-refractivity contribution < 1.29 is 9.47 Å². The SMILES string of the molecule is COCC1CC2(CCN(Cc3ccc(OC)cc3)CC2)CN1c1ncccn1. The summed E-state index contributed by atoms with van der Waals surface area (Å²) in [6.45, 7) is 5.04. The van der Waals surface area contributed by atoms with E-state index >= 15 is 0 Å². The third-order valence-electron chi connectivity index (χ3n) is 6.27. The van der Waals surface area contributed by atoms with Crippen molar-refractivity contribution in [1.29, 1.82) is 0 Å². The van der Waals surface area contributed by atoms with Crippen LogP contribution in [-0.2, 0) is 11.3 Å². The largest absolute Gasteiger partial charge is 0.497 e. The maximum atomic E-state index is 5.51. The summed E-state index contributed by atoms with van der Waals surface area (Å²) in [4.78, 5) is 13.9. The number of hydrogen-bond acceptors (Lipinski definition) is 6. The first-order valence-electron chi connectivity index (χ1n) is 10.1. The lowest BCUT2D eigenvalue weighted by Gasteiger charge is -2.39. The molecule has 1 spiro atoms. The van der Waals surface area contributed by atoms with Crippen molar-refractivity contribution >= 4 is 5.95 Å². The van der Waals surface area contributed by atoms with Crippen molar-refractivity contribution in [1.82, 2.24) is 14.9 Å². The molecule has 0 saturated carbocycles. The Morgan fingerprint density at radius 1 is 1.07 bits per heavy atom. The molecule has 0 aliphatic carbocycles. The Balaban J connectivity index is 1.38. The first-order chi connectivity index (χ1) is 13.7. The third-order valence-corrected chi connectivity index (χ3v) is 6.27. The average molecular weight is 383 g/mol. The smallest absolute Gasteiger partial charge is 0.225 e. The van der Waals surface area contributed by atoms with Crippen LogP contribution in [0.15, 0.2) is 42.7 Å². The highest BCUT2D eigenvalue weighted by Crippen LogP contribution is 2.44. The summed E-state index contributed by atoms with van der Waals surface area (Å²) in [6.07, 6.45) is 7.25. The zero-order valence-electron chi connectivity index (χ0n) is 16.9. The molecule has 0 N–H and O–H groups in total. The van der Waals surface area contributed by atoms with Crippen molar-refractivity contribution in [2.45, 2.75) is 31.8 Å². The molecule has 6 nitrogen and oxygen atoms in total. The molecule has 1 aromatic heterocycles. The fourth-order valence-electron chi connectivity index (χ4n) is 4.72. The molecule has 1 atom stereocenters. The fourth-order valence-corrected chi connectivity index (χ4v) is 4.72. The number of aromatic nitrogens is 2. The van der Waals surface area contributed by atoms with Gasteiger partial charge in [-0.25, -0.2) is 9.97 Å². The Kier molecular flexibility index (Phi) is 5.78. The molecule has 2 aromatic rings. The summed E-state index contributed by atoms with van der Waals surface area (Å²) in [7, 11) is 3.49. The summed E-state index contributed by atoms with van der Waals surface area (Å²) in [6, 6.07) is 10.7. The minimum absolute atomic E-state index is 0.346. The number of ether oxygens (including phenoxy) is 2. The van der Waals surface area contributed by atoms with E-state index in [1.54, 1.807) is 14.2 Å². The highest BCUT2D eigenvalue weighted by molar-refractivity contribution is 5.35. The standard InChI is InChI=1S/C22H30N4O2/c1-27-16-19-14-22(17-26(19)21-23-10-3-11-24-21)8-12-25(13-9-22)15-18-4-6-20(28-2)7-5-18/h3-7,10-11,19H,8-9,12-17H2,1-2H3. The topological polar surface area (TPSA) is 50.7 Å². The number of rotatable bonds is 6. The highest BCUT2D eigenvalue weighted by Gasteiger charge is 2.46. The Labute approximate surface area is 167 Å². The molecule has 2 aliphatic heterocycles. The maximum absolute atomic E-state index is 5.51. The molecular formula is C22H30N4O2. The van der Waals surface area contributed by atoms with Gasteiger partial charge in [0.2, 0.25) is 5.95 Å². The van der Waals surface area contributed by atoms with E-state index in [0.717, 1.165) is 50.9 Å². The molecule has 3 heterocycles. The second-order valence-corrected chi connectivity index (χ2v) is 8.11. The number of anilines is 1. The minimum atomic E-state index is 0.346. The van der Waals surface area contributed by atoms with Gasteiger partial charge in [0.25, 0.3) is 0 Å². The molecule has 4 rings (SSSR count). The molecular weight excluding hydrogens is 352 g/mol. The number of benzene rings is 1. The first-order valence-corrected chi connectivity index (χ1v) is 10.1. The van der Waals surface area contributed by atoms with Gasteiger partial charge in [-0.3, -0.25) is 4.90 Å². The van der Waals surface area contributed by atoms with Gasteiger partial charge < -0.3 is 14.4 Å². The van der Waals surface area contributed by atoms with E-state index in [4.69, 9.17) is 9.47 Å². The van der Waals surface area contributed by atoms with Gasteiger partial charge in [0, 0.05) is 32.6 Å². The van der Waals surface area contributed by atoms with Gasteiger partial charge in [-0.2, -0.15) is 0 Å². The van der Waals surface area contributed by atoms with Gasteiger partial charge in [-0.15, -0.1) is 0 Å². The molecule has 0 bridgehead atoms. The van der Waals surface area contributed by atoms with Crippen molar-refractivity contribution in [2.24, 2.45) is 5.41 Å². The molecule has 2 fully saturated rings. The molecule has 0 amide bonds. The number of piperidine rings is 1. The van der Waals surface area contributed by atoms with Crippen LogP contribution in [0.25, 0.3) is 0 Å². The first kappa shape index (κ1) is 19.2. The Morgan fingerprint density at radius 3 is 2.43 bits per heavy atom. The quantitative estimate of drug-likeness (QED) is 0.766. The van der Waals surface area contributed by atoms with Crippen molar-refractivity contribution in [3.05, 3.63) is 48.3 Å². The van der Waals surface area contributed by atoms with E-state index in [1.165, 1.54) is 18.4 Å². The number of likely N-dealkylation sites (tertiary alicyclic amines) is 1. The van der Waals surface area contributed by atoms with Crippen LogP contribution in [0.4, 0.5) is 5.95 Å².